The fraction of sp³-hybridized carbons (Fsp3) is 0.500. The van der Waals surface area contributed by atoms with Gasteiger partial charge in [0.2, 0.25) is 11.8 Å². The Morgan fingerprint density at radius 2 is 1.68 bits per heavy atom. The van der Waals surface area contributed by atoms with Crippen LogP contribution in [0.15, 0.2) is 24.3 Å². The first-order valence-electron chi connectivity index (χ1n) is 9.22. The summed E-state index contributed by atoms with van der Waals surface area (Å²) in [4.78, 5) is 32.0. The van der Waals surface area contributed by atoms with Gasteiger partial charge in [0.25, 0.3) is 0 Å². The normalized spacial score (nSPS) is 15.0. The summed E-state index contributed by atoms with van der Waals surface area (Å²) < 4.78 is 0. The first-order chi connectivity index (χ1) is 12.1. The summed E-state index contributed by atoms with van der Waals surface area (Å²) in [6, 6.07) is 8.10. The van der Waals surface area contributed by atoms with Crippen molar-refractivity contribution in [3.8, 4) is 0 Å². The summed E-state index contributed by atoms with van der Waals surface area (Å²) in [7, 11) is 0. The lowest BCUT2D eigenvalue weighted by Crippen LogP contribution is -2.51. The highest BCUT2D eigenvalue weighted by Gasteiger charge is 2.24. The molecule has 1 fully saturated rings. The molecule has 1 aliphatic heterocycles. The molecule has 1 N–H and O–H groups in total. The number of H-pyrrole nitrogens is 1. The van der Waals surface area contributed by atoms with Gasteiger partial charge in [-0.15, -0.1) is 0 Å². The van der Waals surface area contributed by atoms with Crippen molar-refractivity contribution < 1.29 is 9.59 Å². The lowest BCUT2D eigenvalue weighted by atomic mass is 10.1. The third-order valence-corrected chi connectivity index (χ3v) is 5.08. The summed E-state index contributed by atoms with van der Waals surface area (Å²) in [5.41, 5.74) is 3.22. The molecule has 0 aliphatic carbocycles. The minimum Gasteiger partial charge on any atom is -0.358 e. The van der Waals surface area contributed by atoms with Crippen LogP contribution in [0.4, 0.5) is 0 Å². The minimum atomic E-state index is 0.147. The molecule has 5 heteroatoms. The Morgan fingerprint density at radius 3 is 2.36 bits per heavy atom. The summed E-state index contributed by atoms with van der Waals surface area (Å²) >= 11 is 0. The second kappa shape index (κ2) is 7.72. The molecule has 3 rings (SSSR count). The van der Waals surface area contributed by atoms with E-state index in [1.54, 1.807) is 0 Å². The van der Waals surface area contributed by atoms with Crippen LogP contribution in [0.1, 0.15) is 37.4 Å². The van der Waals surface area contributed by atoms with E-state index in [0.29, 0.717) is 39.0 Å². The number of nitrogens with one attached hydrogen (secondary N) is 1. The SMILES string of the molecule is CCCCC(=O)N1CCN(C(=O)Cc2c(C)[nH]c3ccccc23)CC1. The van der Waals surface area contributed by atoms with E-state index >= 15 is 0 Å². The second-order valence-electron chi connectivity index (χ2n) is 6.82. The molecular weight excluding hydrogens is 314 g/mol. The standard InChI is InChI=1S/C20H27N3O2/c1-3-4-9-19(24)22-10-12-23(13-11-22)20(25)14-17-15(2)21-18-8-6-5-7-16(17)18/h5-8,21H,3-4,9-14H2,1-2H3. The fourth-order valence-corrected chi connectivity index (χ4v) is 3.52. The first kappa shape index (κ1) is 17.5. The Balaban J connectivity index is 1.59. The molecule has 0 spiro atoms. The van der Waals surface area contributed by atoms with Crippen LogP contribution in [0, 0.1) is 6.92 Å². The van der Waals surface area contributed by atoms with Gasteiger partial charge in [0.1, 0.15) is 0 Å². The highest BCUT2D eigenvalue weighted by atomic mass is 16.2. The molecule has 0 atom stereocenters. The lowest BCUT2D eigenvalue weighted by Gasteiger charge is -2.35. The van der Waals surface area contributed by atoms with E-state index in [-0.39, 0.29) is 11.8 Å². The largest absolute Gasteiger partial charge is 0.358 e. The van der Waals surface area contributed by atoms with Crippen LogP contribution in [0.25, 0.3) is 10.9 Å². The van der Waals surface area contributed by atoms with E-state index in [2.05, 4.69) is 18.0 Å². The predicted octanol–water partition coefficient (Wildman–Crippen LogP) is 2.88. The van der Waals surface area contributed by atoms with Gasteiger partial charge in [-0.05, 0) is 25.0 Å². The van der Waals surface area contributed by atoms with E-state index in [4.69, 9.17) is 0 Å². The van der Waals surface area contributed by atoms with Gasteiger partial charge in [-0.3, -0.25) is 9.59 Å². The molecule has 1 aliphatic rings. The molecule has 2 heterocycles. The first-order valence-corrected chi connectivity index (χ1v) is 9.22. The zero-order valence-electron chi connectivity index (χ0n) is 15.2. The number of fused-ring (bicyclic) bond motifs is 1. The number of aromatic nitrogens is 1. The molecule has 2 amide bonds. The van der Waals surface area contributed by atoms with Gasteiger partial charge in [0, 0.05) is 49.2 Å². The number of aryl methyl sites for hydroxylation is 1. The van der Waals surface area contributed by atoms with Crippen molar-refractivity contribution in [3.63, 3.8) is 0 Å². The number of hydrogen-bond donors (Lipinski definition) is 1. The zero-order chi connectivity index (χ0) is 17.8. The topological polar surface area (TPSA) is 56.4 Å². The predicted molar refractivity (Wildman–Crippen MR) is 99.4 cm³/mol. The molecule has 0 radical (unpaired) electrons. The van der Waals surface area contributed by atoms with Crippen molar-refractivity contribution in [2.75, 3.05) is 26.2 Å². The summed E-state index contributed by atoms with van der Waals surface area (Å²) in [6.07, 6.45) is 3.02. The van der Waals surface area contributed by atoms with Crippen LogP contribution in [0.5, 0.6) is 0 Å². The van der Waals surface area contributed by atoms with Crippen LogP contribution in [0.2, 0.25) is 0 Å². The molecule has 25 heavy (non-hydrogen) atoms. The molecule has 134 valence electrons. The van der Waals surface area contributed by atoms with Crippen LogP contribution in [-0.4, -0.2) is 52.8 Å². The molecule has 1 aromatic carbocycles. The summed E-state index contributed by atoms with van der Waals surface area (Å²) in [6.45, 7) is 6.70. The molecule has 1 saturated heterocycles. The molecule has 1 aromatic heterocycles. The molecular formula is C20H27N3O2. The van der Waals surface area contributed by atoms with Gasteiger partial charge in [-0.1, -0.05) is 31.5 Å². The van der Waals surface area contributed by atoms with Crippen molar-refractivity contribution in [2.24, 2.45) is 0 Å². The number of hydrogen-bond acceptors (Lipinski definition) is 2. The Hall–Kier alpha value is -2.30. The van der Waals surface area contributed by atoms with Crippen molar-refractivity contribution >= 4 is 22.7 Å². The van der Waals surface area contributed by atoms with Gasteiger partial charge >= 0.3 is 0 Å². The number of carbonyl (C=O) groups excluding carboxylic acids is 2. The number of benzene rings is 1. The monoisotopic (exact) mass is 341 g/mol. The lowest BCUT2D eigenvalue weighted by molar-refractivity contribution is -0.139. The van der Waals surface area contributed by atoms with E-state index in [1.807, 2.05) is 34.9 Å². The van der Waals surface area contributed by atoms with Crippen molar-refractivity contribution in [2.45, 2.75) is 39.5 Å². The Bertz CT molecular complexity index is 757. The molecule has 5 nitrogen and oxygen atoms in total. The second-order valence-corrected chi connectivity index (χ2v) is 6.82. The van der Waals surface area contributed by atoms with Gasteiger partial charge in [-0.25, -0.2) is 0 Å². The highest BCUT2D eigenvalue weighted by molar-refractivity contribution is 5.90. The Morgan fingerprint density at radius 1 is 1.04 bits per heavy atom. The van der Waals surface area contributed by atoms with E-state index in [1.165, 1.54) is 0 Å². The number of para-hydroxylation sites is 1. The number of amides is 2. The minimum absolute atomic E-state index is 0.147. The van der Waals surface area contributed by atoms with E-state index < -0.39 is 0 Å². The summed E-state index contributed by atoms with van der Waals surface area (Å²) in [5, 5.41) is 1.13. The fourth-order valence-electron chi connectivity index (χ4n) is 3.52. The maximum atomic E-state index is 12.7. The maximum absolute atomic E-state index is 12.7. The number of carbonyl (C=O) groups is 2. The number of piperazine rings is 1. The maximum Gasteiger partial charge on any atom is 0.227 e. The smallest absolute Gasteiger partial charge is 0.227 e. The highest BCUT2D eigenvalue weighted by Crippen LogP contribution is 2.23. The molecule has 0 bridgehead atoms. The van der Waals surface area contributed by atoms with Gasteiger partial charge < -0.3 is 14.8 Å². The number of aromatic amines is 1. The molecule has 2 aromatic rings. The number of rotatable bonds is 5. The average Bonchev–Trinajstić information content (AvgIpc) is 2.95. The Labute approximate surface area is 149 Å². The van der Waals surface area contributed by atoms with Crippen molar-refractivity contribution in [3.05, 3.63) is 35.5 Å². The van der Waals surface area contributed by atoms with Crippen LogP contribution in [-0.2, 0) is 16.0 Å². The van der Waals surface area contributed by atoms with Crippen LogP contribution in [0.3, 0.4) is 0 Å². The van der Waals surface area contributed by atoms with E-state index in [9.17, 15) is 9.59 Å². The van der Waals surface area contributed by atoms with E-state index in [0.717, 1.165) is 35.0 Å². The van der Waals surface area contributed by atoms with Crippen LogP contribution >= 0.6 is 0 Å². The quantitative estimate of drug-likeness (QED) is 0.909. The average molecular weight is 341 g/mol. The van der Waals surface area contributed by atoms with Crippen molar-refractivity contribution in [1.29, 1.82) is 0 Å². The van der Waals surface area contributed by atoms with Gasteiger partial charge in [0.05, 0.1) is 6.42 Å². The molecule has 0 unspecified atom stereocenters. The van der Waals surface area contributed by atoms with Crippen LogP contribution < -0.4 is 0 Å². The van der Waals surface area contributed by atoms with Gasteiger partial charge in [0.15, 0.2) is 0 Å². The third-order valence-electron chi connectivity index (χ3n) is 5.08. The molecule has 0 saturated carbocycles. The number of unbranched alkanes of at least 4 members (excludes halogenated alkanes) is 1. The van der Waals surface area contributed by atoms with Crippen molar-refractivity contribution in [1.82, 2.24) is 14.8 Å². The van der Waals surface area contributed by atoms with Gasteiger partial charge in [-0.2, -0.15) is 0 Å². The zero-order valence-corrected chi connectivity index (χ0v) is 15.2. The third kappa shape index (κ3) is 3.86. The number of nitrogens with zero attached hydrogens (tertiary/aromatic N) is 2. The summed E-state index contributed by atoms with van der Waals surface area (Å²) in [5.74, 6) is 0.370. The Kier molecular flexibility index (Phi) is 5.41.